The van der Waals surface area contributed by atoms with Gasteiger partial charge in [0.15, 0.2) is 0 Å². The van der Waals surface area contributed by atoms with Crippen LogP contribution in [0.1, 0.15) is 57.1 Å². The molecule has 1 fully saturated rings. The van der Waals surface area contributed by atoms with Gasteiger partial charge in [0.2, 0.25) is 0 Å². The largest absolute Gasteiger partial charge is 0.465 e. The topological polar surface area (TPSA) is 90.0 Å². The highest BCUT2D eigenvalue weighted by Crippen LogP contribution is 2.33. The molecule has 1 aliphatic carbocycles. The van der Waals surface area contributed by atoms with Gasteiger partial charge in [-0.15, -0.1) is 0 Å². The maximum Gasteiger partial charge on any atom is 0.407 e. The van der Waals surface area contributed by atoms with Crippen molar-refractivity contribution in [1.82, 2.24) is 15.1 Å². The van der Waals surface area contributed by atoms with Gasteiger partial charge in [-0.25, -0.2) is 4.79 Å². The van der Waals surface area contributed by atoms with E-state index in [1.807, 2.05) is 18.2 Å². The zero-order chi connectivity index (χ0) is 22.8. The first kappa shape index (κ1) is 22.1. The Kier molecular flexibility index (Phi) is 6.37. The third-order valence-electron chi connectivity index (χ3n) is 6.50. The van der Waals surface area contributed by atoms with Crippen LogP contribution in [0.5, 0.6) is 0 Å². The van der Waals surface area contributed by atoms with E-state index >= 15 is 0 Å². The molecule has 2 aromatic carbocycles. The van der Waals surface area contributed by atoms with Crippen LogP contribution in [-0.4, -0.2) is 59.0 Å². The van der Waals surface area contributed by atoms with E-state index in [0.29, 0.717) is 42.1 Å². The van der Waals surface area contributed by atoms with Gasteiger partial charge in [-0.2, -0.15) is 0 Å². The number of carbonyl (C=O) groups excluding carboxylic acids is 2. The fourth-order valence-electron chi connectivity index (χ4n) is 4.58. The van der Waals surface area contributed by atoms with Gasteiger partial charge in [0, 0.05) is 31.7 Å². The normalized spacial score (nSPS) is 18.2. The second-order valence-corrected chi connectivity index (χ2v) is 8.78. The Morgan fingerprint density at radius 2 is 1.81 bits per heavy atom. The monoisotopic (exact) mass is 455 g/mol. The number of hydrogen-bond acceptors (Lipinski definition) is 3. The van der Waals surface area contributed by atoms with E-state index in [1.165, 1.54) is 4.90 Å². The third kappa shape index (κ3) is 4.43. The molecule has 1 atom stereocenters. The van der Waals surface area contributed by atoms with Crippen molar-refractivity contribution in [3.8, 4) is 0 Å². The van der Waals surface area contributed by atoms with E-state index in [2.05, 4.69) is 5.32 Å². The molecule has 0 radical (unpaired) electrons. The van der Waals surface area contributed by atoms with Crippen LogP contribution < -0.4 is 5.32 Å². The van der Waals surface area contributed by atoms with Gasteiger partial charge in [0.05, 0.1) is 16.6 Å². The summed E-state index contributed by atoms with van der Waals surface area (Å²) in [4.78, 5) is 40.1. The van der Waals surface area contributed by atoms with E-state index in [-0.39, 0.29) is 23.9 Å². The number of likely N-dealkylation sites (tertiary alicyclic amines) is 1. The quantitative estimate of drug-likeness (QED) is 0.729. The van der Waals surface area contributed by atoms with Crippen molar-refractivity contribution < 1.29 is 19.5 Å². The van der Waals surface area contributed by atoms with E-state index in [9.17, 15) is 14.4 Å². The standard InChI is InChI=1S/C24H26ClN3O4/c1-27(17-10-12-28(13-11-17)24(31)32)23(30)16-7-6-15-8-9-21(19(15)14-16)26-22(29)18-4-2-3-5-20(18)25/h2-7,14,17,21H,8-13H2,1H3,(H,26,29)(H,31,32). The minimum Gasteiger partial charge on any atom is -0.465 e. The Bertz CT molecular complexity index is 1050. The van der Waals surface area contributed by atoms with Crippen molar-refractivity contribution in [2.75, 3.05) is 20.1 Å². The molecule has 168 valence electrons. The summed E-state index contributed by atoms with van der Waals surface area (Å²) in [5.41, 5.74) is 3.10. The summed E-state index contributed by atoms with van der Waals surface area (Å²) in [5, 5.41) is 12.6. The lowest BCUT2D eigenvalue weighted by atomic mass is 10.0. The molecule has 8 heteroatoms. The van der Waals surface area contributed by atoms with Crippen molar-refractivity contribution >= 4 is 29.5 Å². The third-order valence-corrected chi connectivity index (χ3v) is 6.83. The number of carbonyl (C=O) groups is 3. The van der Waals surface area contributed by atoms with Crippen LogP contribution in [0.25, 0.3) is 0 Å². The number of nitrogens with zero attached hydrogens (tertiary/aromatic N) is 2. The summed E-state index contributed by atoms with van der Waals surface area (Å²) in [7, 11) is 1.77. The predicted molar refractivity (Wildman–Crippen MR) is 121 cm³/mol. The first-order valence-electron chi connectivity index (χ1n) is 10.8. The molecule has 3 amide bonds. The molecule has 1 unspecified atom stereocenters. The van der Waals surface area contributed by atoms with Crippen LogP contribution in [0, 0.1) is 0 Å². The van der Waals surface area contributed by atoms with Gasteiger partial charge in [0.1, 0.15) is 0 Å². The first-order chi connectivity index (χ1) is 15.3. The van der Waals surface area contributed by atoms with Gasteiger partial charge in [-0.1, -0.05) is 29.8 Å². The van der Waals surface area contributed by atoms with Crippen LogP contribution in [0.4, 0.5) is 4.79 Å². The highest BCUT2D eigenvalue weighted by atomic mass is 35.5. The number of amides is 3. The number of hydrogen-bond donors (Lipinski definition) is 2. The number of aryl methyl sites for hydroxylation is 1. The Hall–Kier alpha value is -3.06. The molecule has 7 nitrogen and oxygen atoms in total. The second kappa shape index (κ2) is 9.20. The van der Waals surface area contributed by atoms with Gasteiger partial charge in [0.25, 0.3) is 11.8 Å². The number of piperidine rings is 1. The molecule has 0 saturated carbocycles. The van der Waals surface area contributed by atoms with E-state index in [1.54, 1.807) is 36.2 Å². The predicted octanol–water partition coefficient (Wildman–Crippen LogP) is 3.97. The molecule has 0 bridgehead atoms. The Morgan fingerprint density at radius 1 is 1.09 bits per heavy atom. The minimum atomic E-state index is -0.916. The fraction of sp³-hybridized carbons (Fsp3) is 0.375. The van der Waals surface area contributed by atoms with Crippen molar-refractivity contribution in [3.63, 3.8) is 0 Å². The summed E-state index contributed by atoms with van der Waals surface area (Å²) in [6.45, 7) is 0.857. The maximum atomic E-state index is 13.1. The molecule has 1 aliphatic heterocycles. The van der Waals surface area contributed by atoms with Crippen LogP contribution in [0.2, 0.25) is 5.02 Å². The molecular formula is C24H26ClN3O4. The molecule has 2 aromatic rings. The highest BCUT2D eigenvalue weighted by molar-refractivity contribution is 6.33. The summed E-state index contributed by atoms with van der Waals surface area (Å²) in [6, 6.07) is 12.4. The van der Waals surface area contributed by atoms with Gasteiger partial charge < -0.3 is 20.2 Å². The van der Waals surface area contributed by atoms with Gasteiger partial charge in [-0.05, 0) is 61.1 Å². The highest BCUT2D eigenvalue weighted by Gasteiger charge is 2.30. The first-order valence-corrected chi connectivity index (χ1v) is 11.2. The summed E-state index contributed by atoms with van der Waals surface area (Å²) < 4.78 is 0. The number of rotatable bonds is 4. The number of halogens is 1. The maximum absolute atomic E-state index is 13.1. The average molecular weight is 456 g/mol. The molecule has 2 N–H and O–H groups in total. The second-order valence-electron chi connectivity index (χ2n) is 8.38. The van der Waals surface area contributed by atoms with Crippen molar-refractivity contribution in [1.29, 1.82) is 0 Å². The molecule has 2 aliphatic rings. The zero-order valence-corrected chi connectivity index (χ0v) is 18.6. The lowest BCUT2D eigenvalue weighted by molar-refractivity contribution is 0.0641. The van der Waals surface area contributed by atoms with E-state index in [4.69, 9.17) is 16.7 Å². The lowest BCUT2D eigenvalue weighted by Gasteiger charge is -2.35. The lowest BCUT2D eigenvalue weighted by Crippen LogP contribution is -2.47. The summed E-state index contributed by atoms with van der Waals surface area (Å²) >= 11 is 6.16. The molecule has 1 saturated heterocycles. The van der Waals surface area contributed by atoms with Crippen LogP contribution >= 0.6 is 11.6 Å². The molecule has 4 rings (SSSR count). The number of carboxylic acid groups (broad SMARTS) is 1. The average Bonchev–Trinajstić information content (AvgIpc) is 3.20. The molecular weight excluding hydrogens is 430 g/mol. The van der Waals surface area contributed by atoms with E-state index < -0.39 is 6.09 Å². The van der Waals surface area contributed by atoms with Crippen molar-refractivity contribution in [3.05, 3.63) is 69.7 Å². The van der Waals surface area contributed by atoms with Crippen molar-refractivity contribution in [2.24, 2.45) is 0 Å². The van der Waals surface area contributed by atoms with Crippen LogP contribution in [-0.2, 0) is 6.42 Å². The number of nitrogens with one attached hydrogen (secondary N) is 1. The number of benzene rings is 2. The van der Waals surface area contributed by atoms with Gasteiger partial charge in [-0.3, -0.25) is 9.59 Å². The zero-order valence-electron chi connectivity index (χ0n) is 17.9. The molecule has 32 heavy (non-hydrogen) atoms. The SMILES string of the molecule is CN(C(=O)c1ccc2c(c1)C(NC(=O)c1ccccc1Cl)CC2)C1CCN(C(=O)O)CC1. The summed E-state index contributed by atoms with van der Waals surface area (Å²) in [6.07, 6.45) is 1.93. The van der Waals surface area contributed by atoms with Crippen LogP contribution in [0.15, 0.2) is 42.5 Å². The Morgan fingerprint density at radius 3 is 2.50 bits per heavy atom. The fourth-order valence-corrected chi connectivity index (χ4v) is 4.80. The Balaban J connectivity index is 1.46. The molecule has 1 heterocycles. The van der Waals surface area contributed by atoms with Crippen molar-refractivity contribution in [2.45, 2.75) is 37.8 Å². The van der Waals surface area contributed by atoms with Gasteiger partial charge >= 0.3 is 6.09 Å². The Labute approximate surface area is 192 Å². The minimum absolute atomic E-state index is 0.00192. The molecule has 0 spiro atoms. The van der Waals surface area contributed by atoms with E-state index in [0.717, 1.165) is 24.0 Å². The summed E-state index contributed by atoms with van der Waals surface area (Å²) in [5.74, 6) is -0.322. The van der Waals surface area contributed by atoms with Crippen LogP contribution in [0.3, 0.4) is 0 Å². The molecule has 0 aromatic heterocycles. The number of fused-ring (bicyclic) bond motifs is 1. The smallest absolute Gasteiger partial charge is 0.407 e.